The number of nitrogens with zero attached hydrogens (tertiary/aromatic N) is 1. The molecular formula is C26H28N2O4S. The van der Waals surface area contributed by atoms with Crippen LogP contribution >= 0.6 is 0 Å². The highest BCUT2D eigenvalue weighted by molar-refractivity contribution is 7.92. The van der Waals surface area contributed by atoms with E-state index in [1.807, 2.05) is 24.3 Å². The zero-order valence-corrected chi connectivity index (χ0v) is 19.5. The van der Waals surface area contributed by atoms with Gasteiger partial charge in [0.25, 0.3) is 15.9 Å². The second kappa shape index (κ2) is 10.1. The summed E-state index contributed by atoms with van der Waals surface area (Å²) in [4.78, 5) is 12.8. The van der Waals surface area contributed by atoms with E-state index in [0.29, 0.717) is 30.8 Å². The second-order valence-electron chi connectivity index (χ2n) is 8.01. The lowest BCUT2D eigenvalue weighted by Crippen LogP contribution is -2.29. The smallest absolute Gasteiger partial charge is 0.264 e. The molecule has 3 aromatic rings. The Morgan fingerprint density at radius 3 is 2.42 bits per heavy atom. The van der Waals surface area contributed by atoms with Gasteiger partial charge in [-0.3, -0.25) is 9.10 Å². The zero-order valence-electron chi connectivity index (χ0n) is 18.7. The first kappa shape index (κ1) is 22.9. The first-order chi connectivity index (χ1) is 16.0. The Kier molecular flexibility index (Phi) is 6.99. The van der Waals surface area contributed by atoms with Crippen molar-refractivity contribution < 1.29 is 17.9 Å². The summed E-state index contributed by atoms with van der Waals surface area (Å²) >= 11 is 0. The normalized spacial score (nSPS) is 12.9. The first-order valence-electron chi connectivity index (χ1n) is 11.2. The summed E-state index contributed by atoms with van der Waals surface area (Å²) in [5.41, 5.74) is 2.79. The largest absolute Gasteiger partial charge is 0.494 e. The Labute approximate surface area is 195 Å². The summed E-state index contributed by atoms with van der Waals surface area (Å²) in [5.74, 6) is 0.470. The van der Waals surface area contributed by atoms with Gasteiger partial charge in [-0.2, -0.15) is 0 Å². The molecule has 4 rings (SSSR count). The van der Waals surface area contributed by atoms with Crippen molar-refractivity contribution >= 4 is 27.3 Å². The van der Waals surface area contributed by atoms with Crippen LogP contribution in [0, 0.1) is 0 Å². The molecule has 0 unspecified atom stereocenters. The van der Waals surface area contributed by atoms with Crippen LogP contribution in [-0.4, -0.2) is 27.5 Å². The molecule has 3 aromatic carbocycles. The molecule has 0 atom stereocenters. The molecule has 0 aromatic heterocycles. The van der Waals surface area contributed by atoms with Crippen LogP contribution in [0.2, 0.25) is 0 Å². The summed E-state index contributed by atoms with van der Waals surface area (Å²) < 4.78 is 33.4. The third-order valence-electron chi connectivity index (χ3n) is 5.68. The number of carbonyl (C=O) groups excluding carboxylic acids is 1. The van der Waals surface area contributed by atoms with E-state index in [2.05, 4.69) is 12.2 Å². The topological polar surface area (TPSA) is 75.7 Å². The van der Waals surface area contributed by atoms with Gasteiger partial charge in [0.05, 0.1) is 17.2 Å². The van der Waals surface area contributed by atoms with Crippen LogP contribution in [0.25, 0.3) is 0 Å². The van der Waals surface area contributed by atoms with Gasteiger partial charge in [0.2, 0.25) is 0 Å². The number of nitrogens with one attached hydrogen (secondary N) is 1. The number of anilines is 2. The van der Waals surface area contributed by atoms with Gasteiger partial charge in [0, 0.05) is 17.8 Å². The van der Waals surface area contributed by atoms with Crippen molar-refractivity contribution in [3.05, 3.63) is 83.9 Å². The molecule has 0 saturated carbocycles. The van der Waals surface area contributed by atoms with Crippen molar-refractivity contribution in [2.24, 2.45) is 0 Å². The average molecular weight is 465 g/mol. The molecule has 33 heavy (non-hydrogen) atoms. The average Bonchev–Trinajstić information content (AvgIpc) is 3.28. The highest BCUT2D eigenvalue weighted by Gasteiger charge is 2.30. The lowest BCUT2D eigenvalue weighted by molar-refractivity contribution is 0.102. The number of benzene rings is 3. The van der Waals surface area contributed by atoms with Crippen molar-refractivity contribution in [1.29, 1.82) is 0 Å². The van der Waals surface area contributed by atoms with Crippen molar-refractivity contribution in [2.75, 3.05) is 22.8 Å². The van der Waals surface area contributed by atoms with E-state index in [-0.39, 0.29) is 10.8 Å². The first-order valence-corrected chi connectivity index (χ1v) is 12.7. The summed E-state index contributed by atoms with van der Waals surface area (Å²) in [6.45, 7) is 3.24. The molecule has 7 heteroatoms. The fourth-order valence-corrected chi connectivity index (χ4v) is 5.35. The number of sulfonamides is 1. The maximum atomic E-state index is 13.1. The highest BCUT2D eigenvalue weighted by Crippen LogP contribution is 2.32. The van der Waals surface area contributed by atoms with E-state index in [0.717, 1.165) is 36.3 Å². The second-order valence-corrected chi connectivity index (χ2v) is 9.88. The van der Waals surface area contributed by atoms with Gasteiger partial charge in [-0.1, -0.05) is 38.0 Å². The number of ether oxygens (including phenoxy) is 1. The Bertz CT molecular complexity index is 1210. The molecule has 0 radical (unpaired) electrons. The Balaban J connectivity index is 1.39. The fourth-order valence-electron chi connectivity index (χ4n) is 3.84. The molecule has 0 spiro atoms. The summed E-state index contributed by atoms with van der Waals surface area (Å²) in [6, 6.07) is 20.8. The van der Waals surface area contributed by atoms with E-state index in [1.54, 1.807) is 36.4 Å². The lowest BCUT2D eigenvalue weighted by atomic mass is 10.2. The number of para-hydroxylation sites is 1. The van der Waals surface area contributed by atoms with E-state index in [4.69, 9.17) is 4.74 Å². The SMILES string of the molecule is CCCCCOc1ccc(C(=O)Nc2ccc(S(=O)(=O)N3CCc4ccccc43)cc2)cc1. The molecule has 0 fully saturated rings. The van der Waals surface area contributed by atoms with Crippen LogP contribution in [0.3, 0.4) is 0 Å². The van der Waals surface area contributed by atoms with E-state index in [9.17, 15) is 13.2 Å². The fraction of sp³-hybridized carbons (Fsp3) is 0.269. The predicted molar refractivity (Wildman–Crippen MR) is 131 cm³/mol. The van der Waals surface area contributed by atoms with E-state index < -0.39 is 10.0 Å². The van der Waals surface area contributed by atoms with Crippen LogP contribution in [0.15, 0.2) is 77.7 Å². The number of rotatable bonds is 9. The van der Waals surface area contributed by atoms with E-state index in [1.165, 1.54) is 16.4 Å². The van der Waals surface area contributed by atoms with Crippen molar-refractivity contribution in [1.82, 2.24) is 0 Å². The van der Waals surface area contributed by atoms with Crippen LogP contribution in [-0.2, 0) is 16.4 Å². The Morgan fingerprint density at radius 2 is 1.70 bits per heavy atom. The highest BCUT2D eigenvalue weighted by atomic mass is 32.2. The molecular weight excluding hydrogens is 436 g/mol. The summed E-state index contributed by atoms with van der Waals surface area (Å²) in [7, 11) is -3.66. The van der Waals surface area contributed by atoms with Gasteiger partial charge in [-0.15, -0.1) is 0 Å². The number of fused-ring (bicyclic) bond motifs is 1. The molecule has 0 bridgehead atoms. The van der Waals surface area contributed by atoms with Crippen molar-refractivity contribution in [3.8, 4) is 5.75 Å². The maximum Gasteiger partial charge on any atom is 0.264 e. The minimum absolute atomic E-state index is 0.196. The molecule has 1 aliphatic rings. The summed E-state index contributed by atoms with van der Waals surface area (Å²) in [5, 5.41) is 2.81. The van der Waals surface area contributed by atoms with Crippen molar-refractivity contribution in [2.45, 2.75) is 37.5 Å². The Morgan fingerprint density at radius 1 is 0.970 bits per heavy atom. The van der Waals surface area contributed by atoms with Gasteiger partial charge in [-0.05, 0) is 73.0 Å². The van der Waals surface area contributed by atoms with Crippen molar-refractivity contribution in [3.63, 3.8) is 0 Å². The maximum absolute atomic E-state index is 13.1. The summed E-state index contributed by atoms with van der Waals surface area (Å²) in [6.07, 6.45) is 3.98. The van der Waals surface area contributed by atoms with Crippen LogP contribution in [0.5, 0.6) is 5.75 Å². The number of amides is 1. The van der Waals surface area contributed by atoms with Crippen LogP contribution in [0.4, 0.5) is 11.4 Å². The molecule has 1 heterocycles. The molecule has 0 aliphatic carbocycles. The van der Waals surface area contributed by atoms with Gasteiger partial charge in [0.15, 0.2) is 0 Å². The van der Waals surface area contributed by atoms with Crippen LogP contribution < -0.4 is 14.4 Å². The third kappa shape index (κ3) is 5.20. The molecule has 1 amide bonds. The lowest BCUT2D eigenvalue weighted by Gasteiger charge is -2.19. The standard InChI is InChI=1S/C26H28N2O4S/c1-2-3-6-19-32-23-13-9-21(10-14-23)26(29)27-22-11-15-24(16-12-22)33(30,31)28-18-17-20-7-4-5-8-25(20)28/h4-5,7-16H,2-3,6,17-19H2,1H3,(H,27,29). The zero-order chi connectivity index (χ0) is 23.3. The van der Waals surface area contributed by atoms with Gasteiger partial charge < -0.3 is 10.1 Å². The van der Waals surface area contributed by atoms with Gasteiger partial charge in [0.1, 0.15) is 5.75 Å². The van der Waals surface area contributed by atoms with Crippen LogP contribution in [0.1, 0.15) is 42.1 Å². The number of hydrogen-bond acceptors (Lipinski definition) is 4. The predicted octanol–water partition coefficient (Wildman–Crippen LogP) is 5.26. The van der Waals surface area contributed by atoms with E-state index >= 15 is 0 Å². The molecule has 1 aliphatic heterocycles. The molecule has 1 N–H and O–H groups in total. The molecule has 0 saturated heterocycles. The minimum atomic E-state index is -3.66. The minimum Gasteiger partial charge on any atom is -0.494 e. The number of hydrogen-bond donors (Lipinski definition) is 1. The number of unbranched alkanes of at least 4 members (excludes halogenated alkanes) is 2. The quantitative estimate of drug-likeness (QED) is 0.438. The molecule has 6 nitrogen and oxygen atoms in total. The monoisotopic (exact) mass is 464 g/mol. The number of carbonyl (C=O) groups is 1. The van der Waals surface area contributed by atoms with Gasteiger partial charge >= 0.3 is 0 Å². The Hall–Kier alpha value is -3.32. The molecule has 172 valence electrons. The van der Waals surface area contributed by atoms with Gasteiger partial charge in [-0.25, -0.2) is 8.42 Å². The third-order valence-corrected chi connectivity index (χ3v) is 7.51.